The molecule has 0 bridgehead atoms. The lowest BCUT2D eigenvalue weighted by Crippen LogP contribution is -3.00. The molecular formula is C28H41BrN2O. The third-order valence-electron chi connectivity index (χ3n) is 6.66. The molecule has 0 aliphatic carbocycles. The third-order valence-corrected chi connectivity index (χ3v) is 6.66. The van der Waals surface area contributed by atoms with Crippen LogP contribution in [0.4, 0.5) is 0 Å². The number of aryl methyl sites for hydroxylation is 3. The lowest BCUT2D eigenvalue weighted by Gasteiger charge is -2.27. The fraction of sp³-hybridized carbons (Fsp3) is 0.536. The second kappa shape index (κ2) is 12.4. The SMILES string of the molecule is CCCCCc1ccc(OCCCCn2c[n+](C)c3ccccc32)c(C(C)(C)CC)c1.[Br-]. The molecule has 2 aromatic carbocycles. The molecule has 4 heteroatoms. The summed E-state index contributed by atoms with van der Waals surface area (Å²) < 4.78 is 10.9. The summed E-state index contributed by atoms with van der Waals surface area (Å²) in [5, 5.41) is 0. The van der Waals surface area contributed by atoms with Crippen molar-refractivity contribution in [2.45, 2.75) is 84.6 Å². The summed E-state index contributed by atoms with van der Waals surface area (Å²) in [7, 11) is 2.12. The highest BCUT2D eigenvalue weighted by molar-refractivity contribution is 5.71. The van der Waals surface area contributed by atoms with Crippen LogP contribution >= 0.6 is 0 Å². The number of hydrogen-bond acceptors (Lipinski definition) is 1. The number of halogens is 1. The Kier molecular flexibility index (Phi) is 10.3. The average Bonchev–Trinajstić information content (AvgIpc) is 3.10. The minimum Gasteiger partial charge on any atom is -1.00 e. The number of rotatable bonds is 12. The highest BCUT2D eigenvalue weighted by atomic mass is 79.9. The maximum Gasteiger partial charge on any atom is 0.244 e. The Balaban J connectivity index is 0.00000363. The van der Waals surface area contributed by atoms with E-state index < -0.39 is 0 Å². The van der Waals surface area contributed by atoms with Gasteiger partial charge < -0.3 is 21.7 Å². The zero-order chi connectivity index (χ0) is 22.3. The molecule has 0 fully saturated rings. The van der Waals surface area contributed by atoms with Crippen LogP contribution in [0.1, 0.15) is 77.3 Å². The zero-order valence-corrected chi connectivity index (χ0v) is 22.2. The van der Waals surface area contributed by atoms with Crippen LogP contribution in [0, 0.1) is 0 Å². The van der Waals surface area contributed by atoms with E-state index in [0.29, 0.717) is 0 Å². The Hall–Kier alpha value is -1.81. The van der Waals surface area contributed by atoms with E-state index in [4.69, 9.17) is 4.74 Å². The van der Waals surface area contributed by atoms with Crippen LogP contribution in [-0.2, 0) is 25.4 Å². The van der Waals surface area contributed by atoms with Crippen molar-refractivity contribution >= 4 is 11.0 Å². The molecule has 1 aromatic heterocycles. The summed E-state index contributed by atoms with van der Waals surface area (Å²) in [6.07, 6.45) is 10.5. The molecule has 0 aliphatic heterocycles. The van der Waals surface area contributed by atoms with E-state index in [9.17, 15) is 0 Å². The van der Waals surface area contributed by atoms with E-state index in [1.165, 1.54) is 47.8 Å². The van der Waals surface area contributed by atoms with Gasteiger partial charge in [0.1, 0.15) is 5.75 Å². The quantitative estimate of drug-likeness (QED) is 0.273. The van der Waals surface area contributed by atoms with Crippen LogP contribution in [0.2, 0.25) is 0 Å². The van der Waals surface area contributed by atoms with Gasteiger partial charge in [0.15, 0.2) is 11.0 Å². The third kappa shape index (κ3) is 6.60. The predicted octanol–water partition coefficient (Wildman–Crippen LogP) is 3.75. The van der Waals surface area contributed by atoms with Crippen molar-refractivity contribution in [2.75, 3.05) is 6.61 Å². The van der Waals surface area contributed by atoms with Crippen LogP contribution in [0.3, 0.4) is 0 Å². The molecule has 0 saturated carbocycles. The molecular weight excluding hydrogens is 460 g/mol. The van der Waals surface area contributed by atoms with E-state index in [1.54, 1.807) is 0 Å². The Bertz CT molecular complexity index is 977. The van der Waals surface area contributed by atoms with Crippen molar-refractivity contribution in [3.63, 3.8) is 0 Å². The highest BCUT2D eigenvalue weighted by Gasteiger charge is 2.23. The number of nitrogens with zero attached hydrogens (tertiary/aromatic N) is 2. The molecule has 176 valence electrons. The van der Waals surface area contributed by atoms with E-state index >= 15 is 0 Å². The largest absolute Gasteiger partial charge is 1.00 e. The van der Waals surface area contributed by atoms with Gasteiger partial charge in [-0.15, -0.1) is 0 Å². The molecule has 3 nitrogen and oxygen atoms in total. The van der Waals surface area contributed by atoms with Crippen molar-refractivity contribution in [3.05, 3.63) is 59.9 Å². The van der Waals surface area contributed by atoms with E-state index in [0.717, 1.165) is 38.2 Å². The summed E-state index contributed by atoms with van der Waals surface area (Å²) in [6, 6.07) is 15.5. The number of fused-ring (bicyclic) bond motifs is 1. The van der Waals surface area contributed by atoms with Gasteiger partial charge in [0, 0.05) is 5.56 Å². The van der Waals surface area contributed by atoms with Gasteiger partial charge in [-0.25, -0.2) is 9.13 Å². The van der Waals surface area contributed by atoms with Crippen LogP contribution in [-0.4, -0.2) is 11.2 Å². The normalized spacial score (nSPS) is 11.5. The lowest BCUT2D eigenvalue weighted by molar-refractivity contribution is -0.645. The van der Waals surface area contributed by atoms with Crippen molar-refractivity contribution in [3.8, 4) is 5.75 Å². The minimum absolute atomic E-state index is 0. The number of imidazole rings is 1. The fourth-order valence-corrected chi connectivity index (χ4v) is 4.24. The van der Waals surface area contributed by atoms with Crippen molar-refractivity contribution in [1.82, 2.24) is 4.57 Å². The predicted molar refractivity (Wildman–Crippen MR) is 131 cm³/mol. The summed E-state index contributed by atoms with van der Waals surface area (Å²) in [5.41, 5.74) is 5.53. The van der Waals surface area contributed by atoms with Crippen LogP contribution in [0.15, 0.2) is 48.8 Å². The maximum atomic E-state index is 6.32. The molecule has 0 N–H and O–H groups in total. The summed E-state index contributed by atoms with van der Waals surface area (Å²) in [5.74, 6) is 1.07. The Morgan fingerprint density at radius 1 is 0.969 bits per heavy atom. The maximum absolute atomic E-state index is 6.32. The van der Waals surface area contributed by atoms with Gasteiger partial charge in [-0.05, 0) is 61.3 Å². The fourth-order valence-electron chi connectivity index (χ4n) is 4.24. The van der Waals surface area contributed by atoms with E-state index in [1.807, 2.05) is 0 Å². The molecule has 0 unspecified atom stereocenters. The first-order chi connectivity index (χ1) is 15.0. The second-order valence-electron chi connectivity index (χ2n) is 9.49. The highest BCUT2D eigenvalue weighted by Crippen LogP contribution is 2.35. The summed E-state index contributed by atoms with van der Waals surface area (Å²) in [4.78, 5) is 0. The van der Waals surface area contributed by atoms with Gasteiger partial charge in [0.2, 0.25) is 6.33 Å². The molecule has 1 heterocycles. The molecule has 0 amide bonds. The minimum atomic E-state index is 0. The van der Waals surface area contributed by atoms with Crippen molar-refractivity contribution in [1.29, 1.82) is 0 Å². The van der Waals surface area contributed by atoms with Crippen LogP contribution < -0.4 is 26.3 Å². The molecule has 0 aliphatic rings. The molecule has 3 aromatic rings. The molecule has 32 heavy (non-hydrogen) atoms. The Labute approximate surface area is 205 Å². The van der Waals surface area contributed by atoms with Gasteiger partial charge in [-0.2, -0.15) is 0 Å². The first kappa shape index (κ1) is 26.4. The standard InChI is InChI=1S/C28H41N2O.BrH/c1-6-8-9-14-23-17-18-27(24(21-23)28(3,4)7-2)31-20-13-12-19-30-22-29(5)25-15-10-11-16-26(25)30;/h10-11,15-18,21-22H,6-9,12-14,19-20H2,1-5H3;1H/q+1;/p-1. The monoisotopic (exact) mass is 500 g/mol. The van der Waals surface area contributed by atoms with Gasteiger partial charge >= 0.3 is 0 Å². The lowest BCUT2D eigenvalue weighted by atomic mass is 9.80. The first-order valence-electron chi connectivity index (χ1n) is 12.2. The van der Waals surface area contributed by atoms with Gasteiger partial charge in [-0.1, -0.05) is 64.8 Å². The summed E-state index contributed by atoms with van der Waals surface area (Å²) >= 11 is 0. The smallest absolute Gasteiger partial charge is 0.244 e. The number of ether oxygens (including phenoxy) is 1. The van der Waals surface area contributed by atoms with E-state index in [-0.39, 0.29) is 22.4 Å². The van der Waals surface area contributed by atoms with Crippen LogP contribution in [0.5, 0.6) is 5.75 Å². The number of aromatic nitrogens is 2. The van der Waals surface area contributed by atoms with Crippen molar-refractivity contribution < 1.29 is 26.3 Å². The zero-order valence-electron chi connectivity index (χ0n) is 20.7. The average molecular weight is 502 g/mol. The van der Waals surface area contributed by atoms with Gasteiger partial charge in [-0.3, -0.25) is 0 Å². The molecule has 0 atom stereocenters. The number of unbranched alkanes of at least 4 members (excludes halogenated alkanes) is 3. The second-order valence-corrected chi connectivity index (χ2v) is 9.49. The number of para-hydroxylation sites is 2. The molecule has 0 saturated heterocycles. The Morgan fingerprint density at radius 2 is 1.75 bits per heavy atom. The first-order valence-corrected chi connectivity index (χ1v) is 12.2. The molecule has 0 spiro atoms. The number of benzene rings is 2. The van der Waals surface area contributed by atoms with Crippen molar-refractivity contribution in [2.24, 2.45) is 7.05 Å². The Morgan fingerprint density at radius 3 is 2.50 bits per heavy atom. The van der Waals surface area contributed by atoms with Gasteiger partial charge in [0.25, 0.3) is 0 Å². The summed E-state index contributed by atoms with van der Waals surface area (Å²) in [6.45, 7) is 11.0. The van der Waals surface area contributed by atoms with Crippen LogP contribution in [0.25, 0.3) is 11.0 Å². The molecule has 0 radical (unpaired) electrons. The van der Waals surface area contributed by atoms with Gasteiger partial charge in [0.05, 0.1) is 20.2 Å². The molecule has 3 rings (SSSR count). The topological polar surface area (TPSA) is 18.0 Å². The van der Waals surface area contributed by atoms with E-state index in [2.05, 4.69) is 92.7 Å². The number of hydrogen-bond donors (Lipinski definition) is 0.